The third kappa shape index (κ3) is 3.71. The summed E-state index contributed by atoms with van der Waals surface area (Å²) in [6.45, 7) is 1.70. The molecule has 6 nitrogen and oxygen atoms in total. The molecule has 2 aromatic rings. The predicted molar refractivity (Wildman–Crippen MR) is 86.1 cm³/mol. The number of carbonyl (C=O) groups excluding carboxylic acids is 2. The quantitative estimate of drug-likeness (QED) is 0.871. The van der Waals surface area contributed by atoms with Gasteiger partial charge in [0, 0.05) is 25.2 Å². The van der Waals surface area contributed by atoms with E-state index in [0.29, 0.717) is 5.69 Å². The number of benzene rings is 1. The number of imidazole rings is 1. The van der Waals surface area contributed by atoms with Crippen molar-refractivity contribution in [3.8, 4) is 0 Å². The Kier molecular flexibility index (Phi) is 4.71. The Labute approximate surface area is 147 Å². The van der Waals surface area contributed by atoms with Crippen molar-refractivity contribution in [2.75, 3.05) is 6.54 Å². The Morgan fingerprint density at radius 2 is 2.12 bits per heavy atom. The highest BCUT2D eigenvalue weighted by Crippen LogP contribution is 2.32. The van der Waals surface area contributed by atoms with Crippen molar-refractivity contribution in [1.29, 1.82) is 0 Å². The molecular formula is C17H17F3N4O2. The van der Waals surface area contributed by atoms with Gasteiger partial charge in [0.05, 0.1) is 17.9 Å². The minimum Gasteiger partial charge on any atom is -0.348 e. The number of hydrogen-bond acceptors (Lipinski definition) is 3. The van der Waals surface area contributed by atoms with Crippen molar-refractivity contribution in [1.82, 2.24) is 20.2 Å². The second-order valence-electron chi connectivity index (χ2n) is 6.18. The van der Waals surface area contributed by atoms with Crippen molar-refractivity contribution in [3.63, 3.8) is 0 Å². The van der Waals surface area contributed by atoms with Crippen LogP contribution in [0, 0.1) is 6.92 Å². The van der Waals surface area contributed by atoms with Crippen LogP contribution in [-0.4, -0.2) is 39.3 Å². The monoisotopic (exact) mass is 366 g/mol. The average molecular weight is 366 g/mol. The summed E-state index contributed by atoms with van der Waals surface area (Å²) in [6.07, 6.45) is -3.04. The van der Waals surface area contributed by atoms with Gasteiger partial charge in [-0.1, -0.05) is 18.2 Å². The second kappa shape index (κ2) is 6.81. The molecule has 0 aliphatic carbocycles. The predicted octanol–water partition coefficient (Wildman–Crippen LogP) is 2.27. The van der Waals surface area contributed by atoms with Crippen molar-refractivity contribution < 1.29 is 22.8 Å². The van der Waals surface area contributed by atoms with Gasteiger partial charge in [0.15, 0.2) is 0 Å². The molecule has 2 amide bonds. The number of hydrogen-bond donors (Lipinski definition) is 2. The van der Waals surface area contributed by atoms with E-state index in [9.17, 15) is 22.8 Å². The van der Waals surface area contributed by atoms with Crippen LogP contribution in [0.4, 0.5) is 13.2 Å². The van der Waals surface area contributed by atoms with Gasteiger partial charge in [-0.15, -0.1) is 0 Å². The van der Waals surface area contributed by atoms with E-state index < -0.39 is 23.7 Å². The molecule has 1 fully saturated rings. The number of halogens is 3. The number of amides is 2. The first kappa shape index (κ1) is 18.0. The van der Waals surface area contributed by atoms with E-state index >= 15 is 0 Å². The summed E-state index contributed by atoms with van der Waals surface area (Å²) in [5.41, 5.74) is 0.108. The third-order valence-electron chi connectivity index (χ3n) is 4.28. The molecule has 0 saturated carbocycles. The molecule has 0 unspecified atom stereocenters. The van der Waals surface area contributed by atoms with Gasteiger partial charge in [-0.05, 0) is 18.6 Å². The molecular weight excluding hydrogens is 349 g/mol. The Morgan fingerprint density at radius 3 is 2.77 bits per heavy atom. The van der Waals surface area contributed by atoms with Gasteiger partial charge >= 0.3 is 6.18 Å². The highest BCUT2D eigenvalue weighted by Gasteiger charge is 2.36. The van der Waals surface area contributed by atoms with E-state index in [0.717, 1.165) is 6.07 Å². The van der Waals surface area contributed by atoms with Crippen LogP contribution in [0.3, 0.4) is 0 Å². The smallest absolute Gasteiger partial charge is 0.348 e. The fraction of sp³-hybridized carbons (Fsp3) is 0.353. The number of aromatic amines is 1. The van der Waals surface area contributed by atoms with E-state index in [4.69, 9.17) is 0 Å². The highest BCUT2D eigenvalue weighted by atomic mass is 19.4. The minimum atomic E-state index is -4.48. The molecule has 1 aromatic carbocycles. The maximum atomic E-state index is 13.1. The summed E-state index contributed by atoms with van der Waals surface area (Å²) in [5, 5.41) is 2.71. The van der Waals surface area contributed by atoms with Crippen molar-refractivity contribution in [2.45, 2.75) is 32.1 Å². The zero-order valence-electron chi connectivity index (χ0n) is 13.9. The molecule has 1 aliphatic rings. The first-order valence-electron chi connectivity index (χ1n) is 7.99. The number of H-pyrrole nitrogens is 1. The van der Waals surface area contributed by atoms with Gasteiger partial charge in [-0.2, -0.15) is 13.2 Å². The number of aryl methyl sites for hydroxylation is 1. The van der Waals surface area contributed by atoms with Gasteiger partial charge in [-0.25, -0.2) is 4.98 Å². The van der Waals surface area contributed by atoms with Crippen LogP contribution in [0.25, 0.3) is 0 Å². The lowest BCUT2D eigenvalue weighted by atomic mass is 10.1. The molecule has 0 radical (unpaired) electrons. The minimum absolute atomic E-state index is 0.0310. The molecule has 9 heteroatoms. The molecule has 138 valence electrons. The van der Waals surface area contributed by atoms with E-state index in [1.54, 1.807) is 6.92 Å². The zero-order valence-corrected chi connectivity index (χ0v) is 13.9. The number of likely N-dealkylation sites (tertiary alicyclic amines) is 1. The van der Waals surface area contributed by atoms with E-state index in [2.05, 4.69) is 15.3 Å². The molecule has 2 heterocycles. The largest absolute Gasteiger partial charge is 0.416 e. The number of nitrogens with one attached hydrogen (secondary N) is 2. The highest BCUT2D eigenvalue weighted by molar-refractivity contribution is 5.94. The topological polar surface area (TPSA) is 78.1 Å². The molecule has 1 aliphatic heterocycles. The summed E-state index contributed by atoms with van der Waals surface area (Å²) < 4.78 is 39.3. The van der Waals surface area contributed by atoms with Gasteiger partial charge < -0.3 is 15.2 Å². The summed E-state index contributed by atoms with van der Waals surface area (Å²) in [4.78, 5) is 32.4. The van der Waals surface area contributed by atoms with Gasteiger partial charge in [0.2, 0.25) is 5.91 Å². The lowest BCUT2D eigenvalue weighted by molar-refractivity contribution is -0.139. The second-order valence-corrected chi connectivity index (χ2v) is 6.18. The average Bonchev–Trinajstić information content (AvgIpc) is 3.13. The Bertz CT molecular complexity index is 831. The van der Waals surface area contributed by atoms with Crippen molar-refractivity contribution in [3.05, 3.63) is 53.1 Å². The molecule has 1 atom stereocenters. The number of nitrogens with zero attached hydrogens (tertiary/aromatic N) is 2. The number of carbonyl (C=O) groups is 2. The molecule has 1 saturated heterocycles. The maximum absolute atomic E-state index is 13.1. The van der Waals surface area contributed by atoms with Crippen LogP contribution >= 0.6 is 0 Å². The molecule has 3 rings (SSSR count). The fourth-order valence-corrected chi connectivity index (χ4v) is 3.00. The number of alkyl halides is 3. The van der Waals surface area contributed by atoms with Crippen LogP contribution in [0.1, 0.15) is 33.7 Å². The van der Waals surface area contributed by atoms with Crippen LogP contribution in [-0.2, 0) is 17.5 Å². The van der Waals surface area contributed by atoms with Crippen molar-refractivity contribution in [2.24, 2.45) is 0 Å². The number of aromatic nitrogens is 2. The summed E-state index contributed by atoms with van der Waals surface area (Å²) in [7, 11) is 0. The van der Waals surface area contributed by atoms with Crippen LogP contribution < -0.4 is 5.32 Å². The lowest BCUT2D eigenvalue weighted by Gasteiger charge is -2.20. The first-order chi connectivity index (χ1) is 12.3. The number of rotatable bonds is 4. The normalized spacial score (nSPS) is 17.6. The standard InChI is InChI=1S/C17H17F3N4O2/c1-10-15(22-9-21-10)16(26)23-12-6-14(25)24(8-12)7-11-4-2-3-5-13(11)17(18,19)20/h2-5,9,12H,6-8H2,1H3,(H,21,22)(H,23,26)/t12-/m1/s1. The summed E-state index contributed by atoms with van der Waals surface area (Å²) in [5.74, 6) is -0.717. The molecule has 2 N–H and O–H groups in total. The van der Waals surface area contributed by atoms with Gasteiger partial charge in [-0.3, -0.25) is 9.59 Å². The van der Waals surface area contributed by atoms with Crippen molar-refractivity contribution >= 4 is 11.8 Å². The summed E-state index contributed by atoms with van der Waals surface area (Å²) in [6, 6.07) is 4.70. The van der Waals surface area contributed by atoms with Gasteiger partial charge in [0.25, 0.3) is 5.91 Å². The van der Waals surface area contributed by atoms with Crippen LogP contribution in [0.15, 0.2) is 30.6 Å². The van der Waals surface area contributed by atoms with E-state index in [1.165, 1.54) is 29.4 Å². The first-order valence-corrected chi connectivity index (χ1v) is 7.99. The molecule has 26 heavy (non-hydrogen) atoms. The zero-order chi connectivity index (χ0) is 18.9. The lowest BCUT2D eigenvalue weighted by Crippen LogP contribution is -2.37. The molecule has 0 spiro atoms. The van der Waals surface area contributed by atoms with E-state index in [1.807, 2.05) is 0 Å². The Hall–Kier alpha value is -2.84. The Balaban J connectivity index is 1.68. The van der Waals surface area contributed by atoms with Gasteiger partial charge in [0.1, 0.15) is 5.69 Å². The maximum Gasteiger partial charge on any atom is 0.416 e. The van der Waals surface area contributed by atoms with Crippen LogP contribution in [0.2, 0.25) is 0 Å². The fourth-order valence-electron chi connectivity index (χ4n) is 3.00. The molecule has 0 bridgehead atoms. The SMILES string of the molecule is Cc1[nH]cnc1C(=O)N[C@@H]1CC(=O)N(Cc2ccccc2C(F)(F)F)C1. The van der Waals surface area contributed by atoms with Crippen LogP contribution in [0.5, 0.6) is 0 Å². The summed E-state index contributed by atoms with van der Waals surface area (Å²) >= 11 is 0. The molecule has 1 aromatic heterocycles. The van der Waals surface area contributed by atoms with E-state index in [-0.39, 0.29) is 36.7 Å². The third-order valence-corrected chi connectivity index (χ3v) is 4.28. The Morgan fingerprint density at radius 1 is 1.38 bits per heavy atom.